The molecule has 1 aliphatic heterocycles. The summed E-state index contributed by atoms with van der Waals surface area (Å²) in [6.45, 7) is 1.97. The van der Waals surface area contributed by atoms with E-state index in [1.165, 1.54) is 11.0 Å². The summed E-state index contributed by atoms with van der Waals surface area (Å²) in [7, 11) is -0.0625. The van der Waals surface area contributed by atoms with Gasteiger partial charge in [-0.2, -0.15) is 4.72 Å². The molecule has 1 saturated heterocycles. The minimum Gasteiger partial charge on any atom is -0.336 e. The molecule has 202 valence electrons. The van der Waals surface area contributed by atoms with Gasteiger partial charge >= 0.3 is 0 Å². The van der Waals surface area contributed by atoms with E-state index in [4.69, 9.17) is 11.6 Å². The van der Waals surface area contributed by atoms with E-state index in [9.17, 15) is 18.0 Å². The smallest absolute Gasteiger partial charge is 0.242 e. The standard InChI is InChI=1S/C28H33ClN4O4S/c1-31(2)15-16-32(19-21-7-4-3-5-8-21)27(34)20-33-14-6-9-26(28(33)35)30-38(36,37)25-13-11-22-17-24(29)12-10-23(22)18-25/h3-5,7-8,10-13,17-18,26,30H,6,9,14-16,19-20H2,1-2H3. The number of rotatable bonds is 10. The molecule has 1 aliphatic rings. The number of benzene rings is 3. The predicted molar refractivity (Wildman–Crippen MR) is 149 cm³/mol. The fourth-order valence-electron chi connectivity index (χ4n) is 4.50. The molecule has 3 aromatic rings. The summed E-state index contributed by atoms with van der Waals surface area (Å²) >= 11 is 6.03. The molecule has 0 aromatic heterocycles. The molecular formula is C28H33ClN4O4S. The molecule has 0 saturated carbocycles. The van der Waals surface area contributed by atoms with Crippen molar-refractivity contribution in [1.82, 2.24) is 19.4 Å². The topological polar surface area (TPSA) is 90.0 Å². The van der Waals surface area contributed by atoms with Gasteiger partial charge in [-0.3, -0.25) is 9.59 Å². The van der Waals surface area contributed by atoms with Crippen LogP contribution in [0, 0.1) is 0 Å². The van der Waals surface area contributed by atoms with E-state index in [0.29, 0.717) is 44.0 Å². The van der Waals surface area contributed by atoms with Crippen LogP contribution in [0.4, 0.5) is 0 Å². The molecule has 1 fully saturated rings. The Bertz CT molecular complexity index is 1400. The summed E-state index contributed by atoms with van der Waals surface area (Å²) in [5, 5.41) is 2.12. The molecule has 8 nitrogen and oxygen atoms in total. The van der Waals surface area contributed by atoms with Gasteiger partial charge in [0, 0.05) is 31.2 Å². The third kappa shape index (κ3) is 7.11. The Morgan fingerprint density at radius 3 is 2.47 bits per heavy atom. The fourth-order valence-corrected chi connectivity index (χ4v) is 5.94. The fraction of sp³-hybridized carbons (Fsp3) is 0.357. The number of amides is 2. The lowest BCUT2D eigenvalue weighted by molar-refractivity contribution is -0.143. The Balaban J connectivity index is 1.44. The summed E-state index contributed by atoms with van der Waals surface area (Å²) < 4.78 is 28.9. The summed E-state index contributed by atoms with van der Waals surface area (Å²) in [5.41, 5.74) is 1.01. The van der Waals surface area contributed by atoms with Gasteiger partial charge in [0.1, 0.15) is 6.04 Å². The zero-order valence-electron chi connectivity index (χ0n) is 21.6. The van der Waals surface area contributed by atoms with Crippen LogP contribution < -0.4 is 4.72 Å². The van der Waals surface area contributed by atoms with Crippen LogP contribution in [0.1, 0.15) is 18.4 Å². The number of carbonyl (C=O) groups excluding carboxylic acids is 2. The Morgan fingerprint density at radius 1 is 1.03 bits per heavy atom. The first-order valence-corrected chi connectivity index (χ1v) is 14.5. The predicted octanol–water partition coefficient (Wildman–Crippen LogP) is 3.35. The second kappa shape index (κ2) is 12.3. The van der Waals surface area contributed by atoms with E-state index >= 15 is 0 Å². The third-order valence-corrected chi connectivity index (χ3v) is 8.33. The van der Waals surface area contributed by atoms with Crippen molar-refractivity contribution < 1.29 is 18.0 Å². The van der Waals surface area contributed by atoms with Gasteiger partial charge in [0.25, 0.3) is 0 Å². The molecule has 0 radical (unpaired) electrons. The van der Waals surface area contributed by atoms with E-state index in [1.54, 1.807) is 35.2 Å². The molecule has 2 amide bonds. The molecule has 10 heteroatoms. The number of sulfonamides is 1. The normalized spacial score (nSPS) is 16.3. The second-order valence-corrected chi connectivity index (χ2v) is 12.0. The van der Waals surface area contributed by atoms with Gasteiger partial charge in [-0.25, -0.2) is 8.42 Å². The number of hydrogen-bond donors (Lipinski definition) is 1. The van der Waals surface area contributed by atoms with Crippen LogP contribution in [0.3, 0.4) is 0 Å². The van der Waals surface area contributed by atoms with Gasteiger partial charge in [-0.1, -0.05) is 54.1 Å². The largest absolute Gasteiger partial charge is 0.336 e. The van der Waals surface area contributed by atoms with Crippen molar-refractivity contribution in [2.75, 3.05) is 40.3 Å². The number of nitrogens with zero attached hydrogens (tertiary/aromatic N) is 3. The van der Waals surface area contributed by atoms with Crippen molar-refractivity contribution in [1.29, 1.82) is 0 Å². The van der Waals surface area contributed by atoms with E-state index in [1.807, 2.05) is 49.3 Å². The molecule has 1 heterocycles. The van der Waals surface area contributed by atoms with Gasteiger partial charge < -0.3 is 14.7 Å². The third-order valence-electron chi connectivity index (χ3n) is 6.62. The number of piperidine rings is 1. The maximum absolute atomic E-state index is 13.3. The van der Waals surface area contributed by atoms with Crippen molar-refractivity contribution in [3.8, 4) is 0 Å². The summed E-state index contributed by atoms with van der Waals surface area (Å²) in [5.74, 6) is -0.547. The zero-order valence-corrected chi connectivity index (χ0v) is 23.2. The van der Waals surface area contributed by atoms with Crippen LogP contribution in [0.25, 0.3) is 10.8 Å². The number of halogens is 1. The summed E-state index contributed by atoms with van der Waals surface area (Å²) in [6.07, 6.45) is 0.971. The number of likely N-dealkylation sites (N-methyl/N-ethyl adjacent to an activating group) is 1. The highest BCUT2D eigenvalue weighted by Crippen LogP contribution is 2.23. The number of carbonyl (C=O) groups is 2. The first-order valence-electron chi connectivity index (χ1n) is 12.6. The SMILES string of the molecule is CN(C)CCN(Cc1ccccc1)C(=O)CN1CCCC(NS(=O)(=O)c2ccc3cc(Cl)ccc3c2)C1=O. The molecule has 0 bridgehead atoms. The quantitative estimate of drug-likeness (QED) is 0.414. The van der Waals surface area contributed by atoms with Gasteiger partial charge in [0.05, 0.1) is 11.4 Å². The molecule has 0 aliphatic carbocycles. The first kappa shape index (κ1) is 28.0. The van der Waals surface area contributed by atoms with Gasteiger partial charge in [-0.05, 0) is 67.5 Å². The molecular weight excluding hydrogens is 524 g/mol. The molecule has 38 heavy (non-hydrogen) atoms. The Kier molecular flexibility index (Phi) is 9.04. The van der Waals surface area contributed by atoms with Crippen LogP contribution in [-0.2, 0) is 26.2 Å². The van der Waals surface area contributed by atoms with Crippen LogP contribution in [-0.4, -0.2) is 81.2 Å². The lowest BCUT2D eigenvalue weighted by atomic mass is 10.1. The van der Waals surface area contributed by atoms with E-state index in [0.717, 1.165) is 16.3 Å². The highest BCUT2D eigenvalue weighted by atomic mass is 35.5. The molecule has 4 rings (SSSR count). The van der Waals surface area contributed by atoms with E-state index < -0.39 is 16.1 Å². The summed E-state index contributed by atoms with van der Waals surface area (Å²) in [6, 6.07) is 18.8. The molecule has 1 N–H and O–H groups in total. The molecule has 1 atom stereocenters. The van der Waals surface area contributed by atoms with Crippen LogP contribution in [0.15, 0.2) is 71.6 Å². The van der Waals surface area contributed by atoms with E-state index in [2.05, 4.69) is 4.72 Å². The van der Waals surface area contributed by atoms with Gasteiger partial charge in [0.2, 0.25) is 21.8 Å². The van der Waals surface area contributed by atoms with Crippen LogP contribution in [0.5, 0.6) is 0 Å². The molecule has 1 unspecified atom stereocenters. The maximum atomic E-state index is 13.3. The van der Waals surface area contributed by atoms with Gasteiger partial charge in [0.15, 0.2) is 0 Å². The maximum Gasteiger partial charge on any atom is 0.242 e. The highest BCUT2D eigenvalue weighted by molar-refractivity contribution is 7.89. The second-order valence-electron chi connectivity index (χ2n) is 9.83. The van der Waals surface area contributed by atoms with Crippen molar-refractivity contribution in [2.24, 2.45) is 0 Å². The van der Waals surface area contributed by atoms with Gasteiger partial charge in [-0.15, -0.1) is 0 Å². The zero-order chi connectivity index (χ0) is 27.3. The Labute approximate surface area is 229 Å². The highest BCUT2D eigenvalue weighted by Gasteiger charge is 2.34. The summed E-state index contributed by atoms with van der Waals surface area (Å²) in [4.78, 5) is 31.9. The van der Waals surface area contributed by atoms with Crippen molar-refractivity contribution in [2.45, 2.75) is 30.3 Å². The lowest BCUT2D eigenvalue weighted by Crippen LogP contribution is -2.54. The van der Waals surface area contributed by atoms with Crippen molar-refractivity contribution >= 4 is 44.2 Å². The molecule has 0 spiro atoms. The number of nitrogens with one attached hydrogen (secondary N) is 1. The Hall–Kier alpha value is -2.98. The number of likely N-dealkylation sites (tertiary alicyclic amines) is 1. The van der Waals surface area contributed by atoms with E-state index in [-0.39, 0.29) is 23.3 Å². The lowest BCUT2D eigenvalue weighted by Gasteiger charge is -2.34. The first-order chi connectivity index (χ1) is 18.1. The number of hydrogen-bond acceptors (Lipinski definition) is 5. The minimum atomic E-state index is -3.95. The van der Waals surface area contributed by atoms with Crippen molar-refractivity contribution in [3.05, 3.63) is 77.3 Å². The average molecular weight is 557 g/mol. The number of fused-ring (bicyclic) bond motifs is 1. The molecule has 3 aromatic carbocycles. The monoisotopic (exact) mass is 556 g/mol. The average Bonchev–Trinajstić information content (AvgIpc) is 2.88. The Morgan fingerprint density at radius 2 is 1.74 bits per heavy atom. The van der Waals surface area contributed by atoms with Crippen molar-refractivity contribution in [3.63, 3.8) is 0 Å². The van der Waals surface area contributed by atoms with Crippen LogP contribution in [0.2, 0.25) is 5.02 Å². The minimum absolute atomic E-state index is 0.0750. The van der Waals surface area contributed by atoms with Crippen LogP contribution >= 0.6 is 11.6 Å².